The molecule has 0 aliphatic rings. The number of imidazole rings is 1. The zero-order valence-electron chi connectivity index (χ0n) is 16.7. The molecule has 0 aliphatic carbocycles. The van der Waals surface area contributed by atoms with E-state index in [0.717, 1.165) is 47.5 Å². The van der Waals surface area contributed by atoms with Gasteiger partial charge in [0.05, 0.1) is 29.5 Å². The van der Waals surface area contributed by atoms with Crippen molar-refractivity contribution in [3.63, 3.8) is 0 Å². The molecule has 144 valence electrons. The summed E-state index contributed by atoms with van der Waals surface area (Å²) in [4.78, 5) is 16.8. The molecule has 0 aliphatic heterocycles. The SMILES string of the molecule is Cc1nn(CC(C)C)c(C)c1CC(=O)NCCCn1cnc2ccccc21. The summed E-state index contributed by atoms with van der Waals surface area (Å²) in [6, 6.07) is 8.10. The lowest BCUT2D eigenvalue weighted by Crippen LogP contribution is -2.27. The molecule has 6 nitrogen and oxygen atoms in total. The Bertz CT molecular complexity index is 922. The van der Waals surface area contributed by atoms with Gasteiger partial charge in [-0.05, 0) is 38.3 Å². The van der Waals surface area contributed by atoms with Gasteiger partial charge < -0.3 is 9.88 Å². The molecule has 2 heterocycles. The van der Waals surface area contributed by atoms with Crippen molar-refractivity contribution in [2.24, 2.45) is 5.92 Å². The smallest absolute Gasteiger partial charge is 0.224 e. The Kier molecular flexibility index (Phi) is 5.94. The largest absolute Gasteiger partial charge is 0.356 e. The van der Waals surface area contributed by atoms with Gasteiger partial charge in [0, 0.05) is 30.9 Å². The molecule has 0 radical (unpaired) electrons. The van der Waals surface area contributed by atoms with Crippen molar-refractivity contribution in [3.8, 4) is 0 Å². The number of amides is 1. The highest BCUT2D eigenvalue weighted by molar-refractivity contribution is 5.79. The number of benzene rings is 1. The van der Waals surface area contributed by atoms with Crippen molar-refractivity contribution in [3.05, 3.63) is 47.5 Å². The molecule has 1 aromatic carbocycles. The van der Waals surface area contributed by atoms with Crippen molar-refractivity contribution in [1.82, 2.24) is 24.6 Å². The summed E-state index contributed by atoms with van der Waals surface area (Å²) in [6.07, 6.45) is 3.13. The third kappa shape index (κ3) is 4.56. The van der Waals surface area contributed by atoms with E-state index in [4.69, 9.17) is 0 Å². The third-order valence-electron chi connectivity index (χ3n) is 4.83. The van der Waals surface area contributed by atoms with Crippen molar-refractivity contribution in [2.45, 2.75) is 53.6 Å². The molecule has 27 heavy (non-hydrogen) atoms. The maximum absolute atomic E-state index is 12.4. The van der Waals surface area contributed by atoms with E-state index >= 15 is 0 Å². The van der Waals surface area contributed by atoms with E-state index in [1.54, 1.807) is 0 Å². The highest BCUT2D eigenvalue weighted by Gasteiger charge is 2.15. The first kappa shape index (κ1) is 19.1. The minimum Gasteiger partial charge on any atom is -0.356 e. The van der Waals surface area contributed by atoms with Gasteiger partial charge in [-0.15, -0.1) is 0 Å². The van der Waals surface area contributed by atoms with Gasteiger partial charge in [0.15, 0.2) is 0 Å². The number of hydrogen-bond acceptors (Lipinski definition) is 3. The lowest BCUT2D eigenvalue weighted by Gasteiger charge is -2.09. The fourth-order valence-corrected chi connectivity index (χ4v) is 3.40. The zero-order valence-corrected chi connectivity index (χ0v) is 16.7. The standard InChI is InChI=1S/C21H29N5O/c1-15(2)13-26-17(4)18(16(3)24-26)12-21(27)22-10-7-11-25-14-23-19-8-5-6-9-20(19)25/h5-6,8-9,14-15H,7,10-13H2,1-4H3,(H,22,27). The van der Waals surface area contributed by atoms with Gasteiger partial charge in [-0.2, -0.15) is 5.10 Å². The van der Waals surface area contributed by atoms with E-state index in [-0.39, 0.29) is 5.91 Å². The average Bonchev–Trinajstić information content (AvgIpc) is 3.15. The number of para-hydroxylation sites is 2. The minimum atomic E-state index is 0.0563. The maximum Gasteiger partial charge on any atom is 0.224 e. The lowest BCUT2D eigenvalue weighted by atomic mass is 10.1. The molecule has 3 rings (SSSR count). The molecule has 3 aromatic rings. The first-order valence-electron chi connectivity index (χ1n) is 9.65. The van der Waals surface area contributed by atoms with Gasteiger partial charge in [0.25, 0.3) is 0 Å². The fourth-order valence-electron chi connectivity index (χ4n) is 3.40. The molecular formula is C21H29N5O. The molecule has 0 unspecified atom stereocenters. The van der Waals surface area contributed by atoms with E-state index in [2.05, 4.69) is 46.8 Å². The van der Waals surface area contributed by atoms with Crippen LogP contribution < -0.4 is 5.32 Å². The number of fused-ring (bicyclic) bond motifs is 1. The van der Waals surface area contributed by atoms with Crippen LogP contribution in [0.3, 0.4) is 0 Å². The summed E-state index contributed by atoms with van der Waals surface area (Å²) < 4.78 is 4.15. The van der Waals surface area contributed by atoms with Crippen molar-refractivity contribution in [1.29, 1.82) is 0 Å². The first-order valence-corrected chi connectivity index (χ1v) is 9.65. The molecule has 6 heteroatoms. The molecule has 2 aromatic heterocycles. The highest BCUT2D eigenvalue weighted by Crippen LogP contribution is 2.15. The monoisotopic (exact) mass is 367 g/mol. The predicted octanol–water partition coefficient (Wildman–Crippen LogP) is 3.25. The molecule has 1 N–H and O–H groups in total. The van der Waals surface area contributed by atoms with Crippen molar-refractivity contribution in [2.75, 3.05) is 6.54 Å². The molecular weight excluding hydrogens is 338 g/mol. The second kappa shape index (κ2) is 8.37. The third-order valence-corrected chi connectivity index (χ3v) is 4.83. The van der Waals surface area contributed by atoms with Crippen LogP contribution in [0.4, 0.5) is 0 Å². The van der Waals surface area contributed by atoms with E-state index in [1.807, 2.05) is 36.1 Å². The first-order chi connectivity index (χ1) is 13.0. The van der Waals surface area contributed by atoms with Gasteiger partial charge in [-0.25, -0.2) is 4.98 Å². The molecule has 0 saturated heterocycles. The Morgan fingerprint density at radius 2 is 2.00 bits per heavy atom. The summed E-state index contributed by atoms with van der Waals surface area (Å²) >= 11 is 0. The van der Waals surface area contributed by atoms with Gasteiger partial charge in [0.1, 0.15) is 0 Å². The number of aryl methyl sites for hydroxylation is 2. The summed E-state index contributed by atoms with van der Waals surface area (Å²) in [7, 11) is 0. The van der Waals surface area contributed by atoms with Gasteiger partial charge >= 0.3 is 0 Å². The number of nitrogens with one attached hydrogen (secondary N) is 1. The van der Waals surface area contributed by atoms with Crippen LogP contribution in [-0.4, -0.2) is 31.8 Å². The summed E-state index contributed by atoms with van der Waals surface area (Å²) in [5, 5.41) is 7.63. The Labute approximate surface area is 160 Å². The molecule has 0 bridgehead atoms. The van der Waals surface area contributed by atoms with Crippen LogP contribution in [-0.2, 0) is 24.3 Å². The van der Waals surface area contributed by atoms with Gasteiger partial charge in [-0.1, -0.05) is 26.0 Å². The molecule has 0 atom stereocenters. The number of carbonyl (C=O) groups is 1. The molecule has 0 saturated carbocycles. The van der Waals surface area contributed by atoms with Crippen molar-refractivity contribution >= 4 is 16.9 Å². The highest BCUT2D eigenvalue weighted by atomic mass is 16.1. The van der Waals surface area contributed by atoms with Gasteiger partial charge in [0.2, 0.25) is 5.91 Å². The topological polar surface area (TPSA) is 64.7 Å². The second-order valence-corrected chi connectivity index (χ2v) is 7.53. The van der Waals surface area contributed by atoms with E-state index in [0.29, 0.717) is 18.9 Å². The summed E-state index contributed by atoms with van der Waals surface area (Å²) in [5.41, 5.74) is 5.24. The summed E-state index contributed by atoms with van der Waals surface area (Å²) in [5.74, 6) is 0.588. The average molecular weight is 367 g/mol. The minimum absolute atomic E-state index is 0.0563. The Morgan fingerprint density at radius 1 is 1.22 bits per heavy atom. The quantitative estimate of drug-likeness (QED) is 0.622. The van der Waals surface area contributed by atoms with E-state index < -0.39 is 0 Å². The molecule has 0 spiro atoms. The number of nitrogens with zero attached hydrogens (tertiary/aromatic N) is 4. The predicted molar refractivity (Wildman–Crippen MR) is 108 cm³/mol. The number of aromatic nitrogens is 4. The second-order valence-electron chi connectivity index (χ2n) is 7.53. The Balaban J connectivity index is 1.49. The van der Waals surface area contributed by atoms with Crippen LogP contribution in [0.2, 0.25) is 0 Å². The van der Waals surface area contributed by atoms with Crippen LogP contribution in [0.25, 0.3) is 11.0 Å². The Morgan fingerprint density at radius 3 is 2.78 bits per heavy atom. The number of carbonyl (C=O) groups excluding carboxylic acids is 1. The van der Waals surface area contributed by atoms with E-state index in [9.17, 15) is 4.79 Å². The number of hydrogen-bond donors (Lipinski definition) is 1. The zero-order chi connectivity index (χ0) is 19.4. The maximum atomic E-state index is 12.4. The molecule has 0 fully saturated rings. The van der Waals surface area contributed by atoms with E-state index in [1.165, 1.54) is 0 Å². The number of rotatable bonds is 8. The Hall–Kier alpha value is -2.63. The summed E-state index contributed by atoms with van der Waals surface area (Å²) in [6.45, 7) is 10.8. The van der Waals surface area contributed by atoms with Gasteiger partial charge in [-0.3, -0.25) is 9.48 Å². The molecule has 1 amide bonds. The van der Waals surface area contributed by atoms with Crippen LogP contribution >= 0.6 is 0 Å². The fraction of sp³-hybridized carbons (Fsp3) is 0.476. The van der Waals surface area contributed by atoms with Crippen LogP contribution in [0, 0.1) is 19.8 Å². The van der Waals surface area contributed by atoms with Crippen molar-refractivity contribution < 1.29 is 4.79 Å². The normalized spacial score (nSPS) is 11.4. The van der Waals surface area contributed by atoms with Crippen LogP contribution in [0.1, 0.15) is 37.2 Å². The van der Waals surface area contributed by atoms with Crippen LogP contribution in [0.15, 0.2) is 30.6 Å². The van der Waals surface area contributed by atoms with Crippen LogP contribution in [0.5, 0.6) is 0 Å². The lowest BCUT2D eigenvalue weighted by molar-refractivity contribution is -0.120.